The van der Waals surface area contributed by atoms with Crippen molar-refractivity contribution in [2.45, 2.75) is 38.3 Å². The Bertz CT molecular complexity index is 1050. The number of sulfonamides is 1. The Morgan fingerprint density at radius 3 is 2.81 bits per heavy atom. The summed E-state index contributed by atoms with van der Waals surface area (Å²) in [5, 5.41) is 1.02. The molecule has 27 heavy (non-hydrogen) atoms. The average Bonchev–Trinajstić information content (AvgIpc) is 3.24. The zero-order valence-corrected chi connectivity index (χ0v) is 16.4. The molecule has 8 nitrogen and oxygen atoms in total. The molecule has 0 bridgehead atoms. The molecule has 0 aromatic carbocycles. The molecule has 0 spiro atoms. The second-order valence-electron chi connectivity index (χ2n) is 7.35. The van der Waals surface area contributed by atoms with Gasteiger partial charge in [0.05, 0.1) is 24.5 Å². The summed E-state index contributed by atoms with van der Waals surface area (Å²) in [6, 6.07) is 2.30. The molecule has 1 saturated carbocycles. The number of fused-ring (bicyclic) bond motifs is 3. The van der Waals surface area contributed by atoms with Crippen molar-refractivity contribution in [2.75, 3.05) is 20.0 Å². The number of hydrogen-bond donors (Lipinski definition) is 2. The highest BCUT2D eigenvalue weighted by Crippen LogP contribution is 2.37. The lowest BCUT2D eigenvalue weighted by Gasteiger charge is -2.30. The largest absolute Gasteiger partial charge is 0.384 e. The highest BCUT2D eigenvalue weighted by atomic mass is 32.2. The highest BCUT2D eigenvalue weighted by molar-refractivity contribution is 7.88. The number of pyridine rings is 1. The van der Waals surface area contributed by atoms with E-state index in [4.69, 9.17) is 9.72 Å². The Labute approximate surface area is 158 Å². The summed E-state index contributed by atoms with van der Waals surface area (Å²) in [7, 11) is -1.55. The quantitative estimate of drug-likeness (QED) is 0.671. The van der Waals surface area contributed by atoms with Crippen molar-refractivity contribution >= 4 is 32.1 Å². The lowest BCUT2D eigenvalue weighted by Crippen LogP contribution is -2.26. The molecule has 0 saturated heterocycles. The first kappa shape index (κ1) is 18.4. The third-order valence-electron chi connectivity index (χ3n) is 5.38. The number of nitrogens with one attached hydrogen (secondary N) is 2. The van der Waals surface area contributed by atoms with Gasteiger partial charge in [0.25, 0.3) is 0 Å². The molecule has 0 atom stereocenters. The van der Waals surface area contributed by atoms with Crippen LogP contribution in [0.2, 0.25) is 0 Å². The van der Waals surface area contributed by atoms with Crippen LogP contribution in [0.15, 0.2) is 18.5 Å². The number of nitrogens with zero attached hydrogens (tertiary/aromatic N) is 3. The summed E-state index contributed by atoms with van der Waals surface area (Å²) < 4.78 is 33.4. The van der Waals surface area contributed by atoms with Gasteiger partial charge in [0.1, 0.15) is 17.0 Å². The maximum absolute atomic E-state index is 11.6. The lowest BCUT2D eigenvalue weighted by molar-refractivity contribution is 0.120. The van der Waals surface area contributed by atoms with Crippen LogP contribution in [0.3, 0.4) is 0 Å². The smallest absolute Gasteiger partial charge is 0.209 e. The Hall–Kier alpha value is -1.97. The van der Waals surface area contributed by atoms with E-state index in [1.807, 2.05) is 12.3 Å². The third kappa shape index (κ3) is 3.71. The number of methoxy groups -OCH3 is 1. The maximum Gasteiger partial charge on any atom is 0.209 e. The second kappa shape index (κ2) is 7.21. The minimum absolute atomic E-state index is 0.178. The Morgan fingerprint density at radius 2 is 2.11 bits per heavy atom. The monoisotopic (exact) mass is 391 g/mol. The molecule has 3 aromatic heterocycles. The summed E-state index contributed by atoms with van der Waals surface area (Å²) in [5.41, 5.74) is 2.65. The Morgan fingerprint density at radius 1 is 1.33 bits per heavy atom. The van der Waals surface area contributed by atoms with Crippen LogP contribution in [0.25, 0.3) is 22.1 Å². The fourth-order valence-corrected chi connectivity index (χ4v) is 4.55. The van der Waals surface area contributed by atoms with Gasteiger partial charge in [0, 0.05) is 31.3 Å². The van der Waals surface area contributed by atoms with E-state index < -0.39 is 10.0 Å². The first-order valence-corrected chi connectivity index (χ1v) is 11.1. The van der Waals surface area contributed by atoms with Gasteiger partial charge >= 0.3 is 0 Å². The molecule has 1 aliphatic carbocycles. The molecule has 3 aromatic rings. The molecule has 4 rings (SSSR count). The van der Waals surface area contributed by atoms with Gasteiger partial charge in [-0.2, -0.15) is 0 Å². The van der Waals surface area contributed by atoms with E-state index >= 15 is 0 Å². The molecule has 0 radical (unpaired) electrons. The predicted molar refractivity (Wildman–Crippen MR) is 104 cm³/mol. The number of aromatic amines is 1. The lowest BCUT2D eigenvalue weighted by atomic mass is 9.86. The van der Waals surface area contributed by atoms with Crippen LogP contribution < -0.4 is 4.72 Å². The van der Waals surface area contributed by atoms with E-state index in [-0.39, 0.29) is 6.54 Å². The fourth-order valence-electron chi connectivity index (χ4n) is 4.16. The van der Waals surface area contributed by atoms with Gasteiger partial charge < -0.3 is 14.3 Å². The average molecular weight is 391 g/mol. The van der Waals surface area contributed by atoms with E-state index in [9.17, 15) is 8.42 Å². The van der Waals surface area contributed by atoms with E-state index in [1.54, 1.807) is 13.3 Å². The van der Waals surface area contributed by atoms with Crippen molar-refractivity contribution in [2.24, 2.45) is 5.92 Å². The summed E-state index contributed by atoms with van der Waals surface area (Å²) in [6.45, 7) is 0.975. The van der Waals surface area contributed by atoms with Gasteiger partial charge in [0.2, 0.25) is 10.0 Å². The normalized spacial score (nSPS) is 21.3. The summed E-state index contributed by atoms with van der Waals surface area (Å²) >= 11 is 0. The molecule has 1 aliphatic rings. The van der Waals surface area contributed by atoms with Crippen LogP contribution in [0, 0.1) is 5.92 Å². The molecular weight excluding hydrogens is 366 g/mol. The molecule has 3 heterocycles. The minimum Gasteiger partial charge on any atom is -0.384 e. The molecule has 0 aliphatic heterocycles. The van der Waals surface area contributed by atoms with E-state index in [0.29, 0.717) is 12.0 Å². The minimum atomic E-state index is -3.30. The Balaban J connectivity index is 1.76. The van der Waals surface area contributed by atoms with Crippen molar-refractivity contribution in [3.63, 3.8) is 0 Å². The van der Waals surface area contributed by atoms with Crippen molar-refractivity contribution in [1.29, 1.82) is 0 Å². The number of hydrogen-bond acceptors (Lipinski definition) is 5. The first-order chi connectivity index (χ1) is 13.0. The van der Waals surface area contributed by atoms with Crippen LogP contribution in [0.5, 0.6) is 0 Å². The molecule has 1 fully saturated rings. The van der Waals surface area contributed by atoms with Crippen molar-refractivity contribution in [1.82, 2.24) is 24.2 Å². The van der Waals surface area contributed by atoms with E-state index in [1.165, 1.54) is 6.26 Å². The Kier molecular flexibility index (Phi) is 4.92. The van der Waals surface area contributed by atoms with E-state index in [2.05, 4.69) is 19.3 Å². The molecule has 0 amide bonds. The van der Waals surface area contributed by atoms with Gasteiger partial charge in [-0.15, -0.1) is 0 Å². The number of imidazole rings is 1. The van der Waals surface area contributed by atoms with Crippen LogP contribution in [-0.2, 0) is 21.3 Å². The molecule has 0 unspecified atom stereocenters. The molecule has 2 N–H and O–H groups in total. The van der Waals surface area contributed by atoms with Gasteiger partial charge in [-0.3, -0.25) is 0 Å². The zero-order chi connectivity index (χ0) is 19.0. The number of ether oxygens (including phenoxy) is 1. The predicted octanol–water partition coefficient (Wildman–Crippen LogP) is 2.34. The zero-order valence-electron chi connectivity index (χ0n) is 15.6. The van der Waals surface area contributed by atoms with Gasteiger partial charge in [-0.25, -0.2) is 23.1 Å². The second-order valence-corrected chi connectivity index (χ2v) is 9.19. The van der Waals surface area contributed by atoms with Gasteiger partial charge in [0.15, 0.2) is 0 Å². The number of rotatable bonds is 6. The maximum atomic E-state index is 11.6. The SMILES string of the molecule is COCC1CCC(n2c(CNS(C)(=O)=O)nc3cnc4[nH]ccc4c32)CC1. The molecular formula is C18H25N5O3S. The summed E-state index contributed by atoms with van der Waals surface area (Å²) in [5.74, 6) is 1.33. The van der Waals surface area contributed by atoms with Crippen molar-refractivity contribution in [3.8, 4) is 0 Å². The molecule has 9 heteroatoms. The fraction of sp³-hybridized carbons (Fsp3) is 0.556. The van der Waals surface area contributed by atoms with E-state index in [0.717, 1.165) is 60.2 Å². The van der Waals surface area contributed by atoms with Crippen LogP contribution >= 0.6 is 0 Å². The standard InChI is InChI=1S/C18H25N5O3S/c1-26-11-12-3-5-13(6-4-12)23-16(10-21-27(2,24)25)22-15-9-20-18-14(17(15)23)7-8-19-18/h7-9,12-13,21H,3-6,10-11H2,1-2H3,(H,19,20). The third-order valence-corrected chi connectivity index (χ3v) is 6.05. The first-order valence-electron chi connectivity index (χ1n) is 9.22. The van der Waals surface area contributed by atoms with Crippen LogP contribution in [0.1, 0.15) is 37.5 Å². The van der Waals surface area contributed by atoms with Gasteiger partial charge in [-0.1, -0.05) is 0 Å². The number of aromatic nitrogens is 4. The van der Waals surface area contributed by atoms with Gasteiger partial charge in [-0.05, 0) is 37.7 Å². The molecule has 146 valence electrons. The summed E-state index contributed by atoms with van der Waals surface area (Å²) in [4.78, 5) is 12.3. The van der Waals surface area contributed by atoms with Crippen LogP contribution in [-0.4, -0.2) is 47.9 Å². The topological polar surface area (TPSA) is 102 Å². The number of H-pyrrole nitrogens is 1. The summed E-state index contributed by atoms with van der Waals surface area (Å²) in [6.07, 6.45) is 9.04. The van der Waals surface area contributed by atoms with Crippen molar-refractivity contribution in [3.05, 3.63) is 24.3 Å². The highest BCUT2D eigenvalue weighted by Gasteiger charge is 2.27. The van der Waals surface area contributed by atoms with Crippen molar-refractivity contribution < 1.29 is 13.2 Å². The van der Waals surface area contributed by atoms with Crippen LogP contribution in [0.4, 0.5) is 0 Å².